The van der Waals surface area contributed by atoms with Crippen molar-refractivity contribution in [2.75, 3.05) is 0 Å². The number of aliphatic hydroxyl groups is 1. The first kappa shape index (κ1) is 12.7. The van der Waals surface area contributed by atoms with E-state index in [0.717, 1.165) is 12.8 Å². The first-order chi connectivity index (χ1) is 8.96. The van der Waals surface area contributed by atoms with Crippen LogP contribution in [0, 0.1) is 5.41 Å². The molecular formula is C15H22N2O2. The molecule has 3 aliphatic rings. The number of nitrogens with one attached hydrogen (secondary N) is 1. The molecule has 3 rings (SSSR count). The van der Waals surface area contributed by atoms with E-state index in [1.165, 1.54) is 12.8 Å². The third-order valence-electron chi connectivity index (χ3n) is 4.44. The van der Waals surface area contributed by atoms with Gasteiger partial charge in [-0.2, -0.15) is 0 Å². The van der Waals surface area contributed by atoms with Gasteiger partial charge in [-0.3, -0.25) is 9.79 Å². The summed E-state index contributed by atoms with van der Waals surface area (Å²) in [6.07, 6.45) is 5.70. The van der Waals surface area contributed by atoms with Crippen molar-refractivity contribution in [3.63, 3.8) is 0 Å². The lowest BCUT2D eigenvalue weighted by Crippen LogP contribution is -2.39. The first-order valence-corrected chi connectivity index (χ1v) is 7.26. The zero-order valence-electron chi connectivity index (χ0n) is 11.7. The highest BCUT2D eigenvalue weighted by Crippen LogP contribution is 2.37. The number of carbonyl (C=O) groups excluding carboxylic acids is 1. The molecule has 1 fully saturated rings. The molecule has 1 saturated carbocycles. The number of nitrogens with zero attached hydrogens (tertiary/aromatic N) is 1. The predicted octanol–water partition coefficient (Wildman–Crippen LogP) is 2.50. The second kappa shape index (κ2) is 4.36. The number of rotatable bonds is 1. The molecule has 4 nitrogen and oxygen atoms in total. The maximum absolute atomic E-state index is 12.3. The van der Waals surface area contributed by atoms with Crippen LogP contribution < -0.4 is 5.32 Å². The number of fused-ring (bicyclic) bond motifs is 1. The van der Waals surface area contributed by atoms with Crippen molar-refractivity contribution < 1.29 is 9.90 Å². The average Bonchev–Trinajstić information content (AvgIpc) is 2.68. The number of Topliss-reactive ketones (excluding diaryl/α,β-unsaturated/α-hetero) is 1. The third-order valence-corrected chi connectivity index (χ3v) is 4.44. The normalized spacial score (nSPS) is 33.8. The van der Waals surface area contributed by atoms with E-state index in [4.69, 9.17) is 0 Å². The molecule has 0 aromatic heterocycles. The molecule has 2 aliphatic carbocycles. The molecule has 0 saturated heterocycles. The number of allylic oxidation sites excluding steroid dienone is 1. The fourth-order valence-corrected chi connectivity index (χ4v) is 3.51. The monoisotopic (exact) mass is 262 g/mol. The second-order valence-corrected chi connectivity index (χ2v) is 6.84. The van der Waals surface area contributed by atoms with Gasteiger partial charge >= 0.3 is 0 Å². The van der Waals surface area contributed by atoms with Crippen LogP contribution in [-0.4, -0.2) is 28.8 Å². The van der Waals surface area contributed by atoms with Crippen LogP contribution in [0.2, 0.25) is 0 Å². The van der Waals surface area contributed by atoms with Crippen LogP contribution in [0.15, 0.2) is 16.3 Å². The molecule has 2 unspecified atom stereocenters. The first-order valence-electron chi connectivity index (χ1n) is 7.26. The number of aliphatic imine (C=N–C) groups is 1. The molecule has 104 valence electrons. The van der Waals surface area contributed by atoms with E-state index in [1.807, 2.05) is 13.8 Å². The lowest BCUT2D eigenvalue weighted by atomic mass is 9.76. The summed E-state index contributed by atoms with van der Waals surface area (Å²) in [5.74, 6) is 0.889. The quantitative estimate of drug-likeness (QED) is 0.763. The van der Waals surface area contributed by atoms with Gasteiger partial charge in [0, 0.05) is 18.9 Å². The van der Waals surface area contributed by atoms with Gasteiger partial charge in [0.15, 0.2) is 5.78 Å². The van der Waals surface area contributed by atoms with Crippen LogP contribution >= 0.6 is 0 Å². The Kier molecular flexibility index (Phi) is 2.91. The van der Waals surface area contributed by atoms with E-state index in [9.17, 15) is 9.90 Å². The average molecular weight is 262 g/mol. The van der Waals surface area contributed by atoms with Crippen LogP contribution in [0.1, 0.15) is 52.4 Å². The smallest absolute Gasteiger partial charge is 0.170 e. The number of carbonyl (C=O) groups is 1. The Hall–Kier alpha value is -1.32. The van der Waals surface area contributed by atoms with Crippen molar-refractivity contribution in [1.29, 1.82) is 0 Å². The van der Waals surface area contributed by atoms with Crippen molar-refractivity contribution in [2.24, 2.45) is 10.4 Å². The highest BCUT2D eigenvalue weighted by molar-refractivity contribution is 6.23. The predicted molar refractivity (Wildman–Crippen MR) is 74.3 cm³/mol. The zero-order valence-corrected chi connectivity index (χ0v) is 11.7. The fraction of sp³-hybridized carbons (Fsp3) is 0.733. The number of aliphatic hydroxyl groups excluding tert-OH is 1. The summed E-state index contributed by atoms with van der Waals surface area (Å²) in [6, 6.07) is 0.665. The van der Waals surface area contributed by atoms with Crippen molar-refractivity contribution >= 4 is 11.6 Å². The van der Waals surface area contributed by atoms with Crippen molar-refractivity contribution in [1.82, 2.24) is 5.32 Å². The largest absolute Gasteiger partial charge is 0.511 e. The van der Waals surface area contributed by atoms with Crippen LogP contribution in [0.5, 0.6) is 0 Å². The third kappa shape index (κ3) is 2.28. The van der Waals surface area contributed by atoms with Crippen LogP contribution in [0.25, 0.3) is 0 Å². The SMILES string of the molecule is CC1(C)CC(=O)C(C2=NC3CCCCC3N2)=C(O)C1. The molecule has 1 aliphatic heterocycles. The molecule has 4 heteroatoms. The number of hydrogen-bond donors (Lipinski definition) is 2. The minimum absolute atomic E-state index is 0.0265. The molecule has 0 amide bonds. The maximum atomic E-state index is 12.3. The van der Waals surface area contributed by atoms with E-state index in [1.54, 1.807) is 0 Å². The maximum Gasteiger partial charge on any atom is 0.170 e. The highest BCUT2D eigenvalue weighted by atomic mass is 16.3. The Morgan fingerprint density at radius 2 is 2.00 bits per heavy atom. The fourth-order valence-electron chi connectivity index (χ4n) is 3.51. The van der Waals surface area contributed by atoms with Crippen molar-refractivity contribution in [3.8, 4) is 0 Å². The number of hydrogen-bond acceptors (Lipinski definition) is 4. The molecule has 2 N–H and O–H groups in total. The van der Waals surface area contributed by atoms with Gasteiger partial charge in [-0.1, -0.05) is 26.7 Å². The van der Waals surface area contributed by atoms with Crippen LogP contribution in [0.4, 0.5) is 0 Å². The molecule has 0 radical (unpaired) electrons. The van der Waals surface area contributed by atoms with Gasteiger partial charge in [-0.25, -0.2) is 0 Å². The van der Waals surface area contributed by atoms with E-state index in [-0.39, 0.29) is 17.0 Å². The standard InChI is InChI=1S/C15H22N2O2/c1-15(2)7-11(18)13(12(19)8-15)14-16-9-5-3-4-6-10(9)17-14/h9-10,18H,3-8H2,1-2H3,(H,16,17). The van der Waals surface area contributed by atoms with Crippen LogP contribution in [-0.2, 0) is 4.79 Å². The molecule has 19 heavy (non-hydrogen) atoms. The molecule has 0 aromatic carbocycles. The molecule has 0 spiro atoms. The van der Waals surface area contributed by atoms with Crippen LogP contribution in [0.3, 0.4) is 0 Å². The molecular weight excluding hydrogens is 240 g/mol. The summed E-state index contributed by atoms with van der Waals surface area (Å²) in [5, 5.41) is 13.6. The summed E-state index contributed by atoms with van der Waals surface area (Å²) in [6.45, 7) is 4.03. The summed E-state index contributed by atoms with van der Waals surface area (Å²) in [4.78, 5) is 16.9. The minimum atomic E-state index is -0.142. The molecule has 0 bridgehead atoms. The van der Waals surface area contributed by atoms with Gasteiger partial charge in [0.25, 0.3) is 0 Å². The lowest BCUT2D eigenvalue weighted by molar-refractivity contribution is -0.117. The van der Waals surface area contributed by atoms with E-state index >= 15 is 0 Å². The van der Waals surface area contributed by atoms with Gasteiger partial charge in [0.2, 0.25) is 0 Å². The number of amidine groups is 1. The zero-order chi connectivity index (χ0) is 13.6. The van der Waals surface area contributed by atoms with E-state index < -0.39 is 0 Å². The Morgan fingerprint density at radius 3 is 2.68 bits per heavy atom. The number of ketones is 1. The minimum Gasteiger partial charge on any atom is -0.511 e. The molecule has 1 heterocycles. The Labute approximate surface area is 114 Å². The summed E-state index contributed by atoms with van der Waals surface area (Å²) >= 11 is 0. The van der Waals surface area contributed by atoms with Gasteiger partial charge in [0.1, 0.15) is 11.6 Å². The van der Waals surface area contributed by atoms with E-state index in [0.29, 0.717) is 36.3 Å². The van der Waals surface area contributed by atoms with Gasteiger partial charge in [0.05, 0.1) is 11.6 Å². The highest BCUT2D eigenvalue weighted by Gasteiger charge is 2.39. The van der Waals surface area contributed by atoms with Gasteiger partial charge in [-0.15, -0.1) is 0 Å². The van der Waals surface area contributed by atoms with Crippen molar-refractivity contribution in [3.05, 3.63) is 11.3 Å². The second-order valence-electron chi connectivity index (χ2n) is 6.84. The Balaban J connectivity index is 1.88. The molecule has 0 aromatic rings. The molecule has 2 atom stereocenters. The van der Waals surface area contributed by atoms with Crippen molar-refractivity contribution in [2.45, 2.75) is 64.5 Å². The Bertz CT molecular complexity index is 477. The summed E-state index contributed by atoms with van der Waals surface area (Å²) < 4.78 is 0. The summed E-state index contributed by atoms with van der Waals surface area (Å²) in [5.41, 5.74) is 0.310. The topological polar surface area (TPSA) is 61.7 Å². The summed E-state index contributed by atoms with van der Waals surface area (Å²) in [7, 11) is 0. The van der Waals surface area contributed by atoms with Gasteiger partial charge in [-0.05, 0) is 18.3 Å². The lowest BCUT2D eigenvalue weighted by Gasteiger charge is -2.29. The Morgan fingerprint density at radius 1 is 1.26 bits per heavy atom. The van der Waals surface area contributed by atoms with Gasteiger partial charge < -0.3 is 10.4 Å². The van der Waals surface area contributed by atoms with E-state index in [2.05, 4.69) is 10.3 Å².